The van der Waals surface area contributed by atoms with Crippen molar-refractivity contribution >= 4 is 29.5 Å². The van der Waals surface area contributed by atoms with Crippen LogP contribution in [-0.4, -0.2) is 19.0 Å². The van der Waals surface area contributed by atoms with Gasteiger partial charge in [0.25, 0.3) is 0 Å². The van der Waals surface area contributed by atoms with Crippen LogP contribution < -0.4 is 9.47 Å². The number of aliphatic imine (C=N–C) groups is 1. The fraction of sp³-hybridized carbons (Fsp3) is 0.120. The smallest absolute Gasteiger partial charge is 0.416 e. The lowest BCUT2D eigenvalue weighted by Crippen LogP contribution is -2.08. The van der Waals surface area contributed by atoms with E-state index in [1.807, 2.05) is 12.1 Å². The number of cyclic esters (lactones) is 1. The molecule has 0 saturated carbocycles. The molecule has 0 N–H and O–H groups in total. The molecule has 34 heavy (non-hydrogen) atoms. The van der Waals surface area contributed by atoms with Gasteiger partial charge in [-0.05, 0) is 65.7 Å². The fourth-order valence-corrected chi connectivity index (χ4v) is 3.25. The van der Waals surface area contributed by atoms with Gasteiger partial charge >= 0.3 is 12.1 Å². The van der Waals surface area contributed by atoms with Crippen molar-refractivity contribution < 1.29 is 32.2 Å². The van der Waals surface area contributed by atoms with Gasteiger partial charge in [0.2, 0.25) is 5.90 Å². The Morgan fingerprint density at radius 3 is 2.35 bits per heavy atom. The van der Waals surface area contributed by atoms with Crippen LogP contribution in [0.1, 0.15) is 22.3 Å². The zero-order chi connectivity index (χ0) is 24.3. The Bertz CT molecular complexity index is 1270. The molecule has 3 aromatic rings. The van der Waals surface area contributed by atoms with E-state index in [0.717, 1.165) is 17.7 Å². The van der Waals surface area contributed by atoms with Crippen molar-refractivity contribution in [2.24, 2.45) is 4.99 Å². The summed E-state index contributed by atoms with van der Waals surface area (Å²) < 4.78 is 54.6. The molecule has 9 heteroatoms. The monoisotopic (exact) mass is 487 g/mol. The molecule has 0 spiro atoms. The van der Waals surface area contributed by atoms with Crippen LogP contribution in [0.3, 0.4) is 0 Å². The summed E-state index contributed by atoms with van der Waals surface area (Å²) >= 11 is 5.89. The topological polar surface area (TPSA) is 57.1 Å². The third-order valence-electron chi connectivity index (χ3n) is 4.88. The second-order valence-corrected chi connectivity index (χ2v) is 7.67. The Morgan fingerprint density at radius 2 is 1.71 bits per heavy atom. The number of methoxy groups -OCH3 is 1. The number of benzene rings is 3. The van der Waals surface area contributed by atoms with Crippen LogP contribution in [0.25, 0.3) is 6.08 Å². The van der Waals surface area contributed by atoms with Gasteiger partial charge in [0.15, 0.2) is 17.2 Å². The lowest BCUT2D eigenvalue weighted by molar-refractivity contribution is -0.137. The number of hydrogen-bond acceptors (Lipinski definition) is 5. The van der Waals surface area contributed by atoms with E-state index in [1.165, 1.54) is 25.3 Å². The van der Waals surface area contributed by atoms with Gasteiger partial charge in [0.1, 0.15) is 6.61 Å². The minimum Gasteiger partial charge on any atom is -0.493 e. The number of hydrogen-bond donors (Lipinski definition) is 0. The van der Waals surface area contributed by atoms with E-state index in [1.54, 1.807) is 30.3 Å². The van der Waals surface area contributed by atoms with Crippen molar-refractivity contribution in [3.05, 3.63) is 99.7 Å². The van der Waals surface area contributed by atoms with Crippen molar-refractivity contribution in [1.82, 2.24) is 0 Å². The number of carbonyl (C=O) groups is 1. The van der Waals surface area contributed by atoms with Gasteiger partial charge in [-0.3, -0.25) is 0 Å². The standard InChI is InChI=1S/C25H17ClF3NO4/c1-32-22-13-16(4-11-21(22)33-14-15-2-9-19(26)10-3-15)12-20-24(31)34-23(30-20)17-5-7-18(8-6-17)25(27,28)29/h2-13H,14H2,1H3/b20-12+. The maximum absolute atomic E-state index is 12.8. The Hall–Kier alpha value is -3.78. The maximum atomic E-state index is 12.8. The van der Waals surface area contributed by atoms with Gasteiger partial charge in [-0.15, -0.1) is 0 Å². The highest BCUT2D eigenvalue weighted by molar-refractivity contribution is 6.30. The average molecular weight is 488 g/mol. The van der Waals surface area contributed by atoms with E-state index < -0.39 is 17.7 Å². The van der Waals surface area contributed by atoms with E-state index in [9.17, 15) is 18.0 Å². The number of rotatable bonds is 6. The summed E-state index contributed by atoms with van der Waals surface area (Å²) in [5.74, 6) is 0.168. The molecule has 1 aliphatic heterocycles. The van der Waals surface area contributed by atoms with Gasteiger partial charge in [-0.1, -0.05) is 29.8 Å². The van der Waals surface area contributed by atoms with Gasteiger partial charge in [-0.2, -0.15) is 13.2 Å². The molecule has 1 aliphatic rings. The Kier molecular flexibility index (Phi) is 6.61. The molecule has 0 unspecified atom stereocenters. The van der Waals surface area contributed by atoms with Crippen LogP contribution >= 0.6 is 11.6 Å². The molecule has 0 atom stereocenters. The van der Waals surface area contributed by atoms with Crippen molar-refractivity contribution in [2.75, 3.05) is 7.11 Å². The number of esters is 1. The molecule has 0 fully saturated rings. The van der Waals surface area contributed by atoms with Gasteiger partial charge in [0.05, 0.1) is 12.7 Å². The van der Waals surface area contributed by atoms with Gasteiger partial charge in [-0.25, -0.2) is 9.79 Å². The molecule has 1 heterocycles. The van der Waals surface area contributed by atoms with E-state index in [-0.39, 0.29) is 17.2 Å². The van der Waals surface area contributed by atoms with Crippen molar-refractivity contribution in [3.8, 4) is 11.5 Å². The molecule has 0 radical (unpaired) electrons. The number of ether oxygens (including phenoxy) is 3. The molecule has 3 aromatic carbocycles. The third-order valence-corrected chi connectivity index (χ3v) is 5.13. The molecule has 0 bridgehead atoms. The summed E-state index contributed by atoms with van der Waals surface area (Å²) in [6, 6.07) is 16.5. The van der Waals surface area contributed by atoms with Crippen molar-refractivity contribution in [1.29, 1.82) is 0 Å². The Balaban J connectivity index is 1.51. The number of nitrogens with zero attached hydrogens (tertiary/aromatic N) is 1. The predicted molar refractivity (Wildman–Crippen MR) is 121 cm³/mol. The number of carbonyl (C=O) groups excluding carboxylic acids is 1. The summed E-state index contributed by atoms with van der Waals surface area (Å²) in [5.41, 5.74) is 0.985. The SMILES string of the molecule is COc1cc(/C=C2/N=C(c3ccc(C(F)(F)F)cc3)OC2=O)ccc1OCc1ccc(Cl)cc1. The number of alkyl halides is 3. The Morgan fingerprint density at radius 1 is 1.00 bits per heavy atom. The molecule has 0 aliphatic carbocycles. The van der Waals surface area contributed by atoms with Gasteiger partial charge in [0, 0.05) is 10.6 Å². The summed E-state index contributed by atoms with van der Waals surface area (Å²) in [4.78, 5) is 16.4. The van der Waals surface area contributed by atoms with Crippen LogP contribution in [-0.2, 0) is 22.3 Å². The quantitative estimate of drug-likeness (QED) is 0.303. The van der Waals surface area contributed by atoms with Crippen LogP contribution in [0.2, 0.25) is 5.02 Å². The molecule has 174 valence electrons. The summed E-state index contributed by atoms with van der Waals surface area (Å²) in [6.07, 6.45) is -2.97. The van der Waals surface area contributed by atoms with E-state index >= 15 is 0 Å². The minimum absolute atomic E-state index is 0.00628. The van der Waals surface area contributed by atoms with E-state index in [4.69, 9.17) is 25.8 Å². The third kappa shape index (κ3) is 5.40. The zero-order valence-electron chi connectivity index (χ0n) is 17.7. The molecule has 0 saturated heterocycles. The van der Waals surface area contributed by atoms with Crippen LogP contribution in [0.4, 0.5) is 13.2 Å². The second-order valence-electron chi connectivity index (χ2n) is 7.24. The normalized spacial score (nSPS) is 14.7. The van der Waals surface area contributed by atoms with Crippen molar-refractivity contribution in [3.63, 3.8) is 0 Å². The molecule has 0 aromatic heterocycles. The highest BCUT2D eigenvalue weighted by Gasteiger charge is 2.31. The minimum atomic E-state index is -4.46. The first kappa shape index (κ1) is 23.4. The molecular formula is C25H17ClF3NO4. The summed E-state index contributed by atoms with van der Waals surface area (Å²) in [6.45, 7) is 0.307. The second kappa shape index (κ2) is 9.61. The molecule has 4 rings (SSSR count). The van der Waals surface area contributed by atoms with Gasteiger partial charge < -0.3 is 14.2 Å². The first-order valence-electron chi connectivity index (χ1n) is 9.98. The summed E-state index contributed by atoms with van der Waals surface area (Å²) in [5, 5.41) is 0.633. The lowest BCUT2D eigenvalue weighted by Gasteiger charge is -2.11. The largest absolute Gasteiger partial charge is 0.493 e. The first-order chi connectivity index (χ1) is 16.2. The lowest BCUT2D eigenvalue weighted by atomic mass is 10.1. The van der Waals surface area contributed by atoms with E-state index in [2.05, 4.69) is 4.99 Å². The van der Waals surface area contributed by atoms with Crippen LogP contribution in [0.15, 0.2) is 77.4 Å². The average Bonchev–Trinajstić information content (AvgIpc) is 3.18. The summed E-state index contributed by atoms with van der Waals surface area (Å²) in [7, 11) is 1.49. The fourth-order valence-electron chi connectivity index (χ4n) is 3.13. The first-order valence-corrected chi connectivity index (χ1v) is 10.4. The van der Waals surface area contributed by atoms with Crippen LogP contribution in [0.5, 0.6) is 11.5 Å². The highest BCUT2D eigenvalue weighted by atomic mass is 35.5. The highest BCUT2D eigenvalue weighted by Crippen LogP contribution is 2.32. The van der Waals surface area contributed by atoms with Crippen LogP contribution in [0, 0.1) is 0 Å². The predicted octanol–water partition coefficient (Wildman–Crippen LogP) is 6.29. The zero-order valence-corrected chi connectivity index (χ0v) is 18.5. The Labute approximate surface area is 198 Å². The molecule has 0 amide bonds. The molecule has 5 nitrogen and oxygen atoms in total. The maximum Gasteiger partial charge on any atom is 0.416 e. The number of halogens is 4. The molecular weight excluding hydrogens is 471 g/mol. The van der Waals surface area contributed by atoms with Crippen molar-refractivity contribution in [2.45, 2.75) is 12.8 Å². The van der Waals surface area contributed by atoms with E-state index in [0.29, 0.717) is 28.7 Å².